The Morgan fingerprint density at radius 3 is 2.59 bits per heavy atom. The fourth-order valence-electron chi connectivity index (χ4n) is 3.13. The van der Waals surface area contributed by atoms with Gasteiger partial charge in [-0.2, -0.15) is 0 Å². The lowest BCUT2D eigenvalue weighted by atomic mass is 10.0. The van der Waals surface area contributed by atoms with Crippen molar-refractivity contribution in [1.29, 1.82) is 0 Å². The number of hydrogen-bond donors (Lipinski definition) is 2. The van der Waals surface area contributed by atoms with Crippen LogP contribution in [0.3, 0.4) is 0 Å². The SMILES string of the molecule is COC(=O)[C@H](Cc1c[nH]c2ccccc12)NCc1ccc(OC)c(OC)c1. The van der Waals surface area contributed by atoms with Gasteiger partial charge in [-0.05, 0) is 29.3 Å². The van der Waals surface area contributed by atoms with Crippen LogP contribution >= 0.6 is 0 Å². The van der Waals surface area contributed by atoms with Gasteiger partial charge >= 0.3 is 5.97 Å². The maximum Gasteiger partial charge on any atom is 0.323 e. The molecule has 0 saturated carbocycles. The molecule has 2 aromatic carbocycles. The van der Waals surface area contributed by atoms with Crippen molar-refractivity contribution in [3.05, 3.63) is 59.8 Å². The van der Waals surface area contributed by atoms with Crippen molar-refractivity contribution in [3.8, 4) is 11.5 Å². The average molecular weight is 368 g/mol. The van der Waals surface area contributed by atoms with Crippen molar-refractivity contribution in [2.24, 2.45) is 0 Å². The van der Waals surface area contributed by atoms with Gasteiger partial charge in [-0.15, -0.1) is 0 Å². The minimum atomic E-state index is -0.456. The number of aromatic nitrogens is 1. The maximum atomic E-state index is 12.3. The van der Waals surface area contributed by atoms with E-state index in [-0.39, 0.29) is 5.97 Å². The number of ether oxygens (including phenoxy) is 3. The number of methoxy groups -OCH3 is 3. The number of carbonyl (C=O) groups excluding carboxylic acids is 1. The highest BCUT2D eigenvalue weighted by Gasteiger charge is 2.21. The largest absolute Gasteiger partial charge is 0.493 e. The average Bonchev–Trinajstić information content (AvgIpc) is 3.13. The first kappa shape index (κ1) is 18.8. The zero-order chi connectivity index (χ0) is 19.2. The molecule has 3 rings (SSSR count). The molecule has 3 aromatic rings. The summed E-state index contributed by atoms with van der Waals surface area (Å²) >= 11 is 0. The van der Waals surface area contributed by atoms with Gasteiger partial charge in [0.15, 0.2) is 11.5 Å². The van der Waals surface area contributed by atoms with Crippen LogP contribution in [0, 0.1) is 0 Å². The molecule has 1 heterocycles. The zero-order valence-electron chi connectivity index (χ0n) is 15.7. The first-order valence-corrected chi connectivity index (χ1v) is 8.73. The molecule has 0 aliphatic carbocycles. The molecule has 142 valence electrons. The Morgan fingerprint density at radius 1 is 1.07 bits per heavy atom. The Hall–Kier alpha value is -2.99. The highest BCUT2D eigenvalue weighted by molar-refractivity contribution is 5.84. The highest BCUT2D eigenvalue weighted by Crippen LogP contribution is 2.27. The van der Waals surface area contributed by atoms with E-state index in [1.165, 1.54) is 7.11 Å². The number of fused-ring (bicyclic) bond motifs is 1. The van der Waals surface area contributed by atoms with E-state index in [1.54, 1.807) is 14.2 Å². The van der Waals surface area contributed by atoms with Crippen molar-refractivity contribution in [3.63, 3.8) is 0 Å². The maximum absolute atomic E-state index is 12.3. The fraction of sp³-hybridized carbons (Fsp3) is 0.286. The van der Waals surface area contributed by atoms with Crippen LogP contribution in [-0.2, 0) is 22.5 Å². The van der Waals surface area contributed by atoms with E-state index < -0.39 is 6.04 Å². The molecule has 0 aliphatic heterocycles. The predicted octanol–water partition coefficient (Wildman–Crippen LogP) is 3.06. The number of hydrogen-bond acceptors (Lipinski definition) is 5. The molecule has 0 saturated heterocycles. The molecule has 1 aromatic heterocycles. The molecule has 0 bridgehead atoms. The van der Waals surface area contributed by atoms with Crippen LogP contribution < -0.4 is 14.8 Å². The highest BCUT2D eigenvalue weighted by atomic mass is 16.5. The molecular formula is C21H24N2O4. The summed E-state index contributed by atoms with van der Waals surface area (Å²) in [6, 6.07) is 13.3. The smallest absolute Gasteiger partial charge is 0.323 e. The monoisotopic (exact) mass is 368 g/mol. The standard InChI is InChI=1S/C21H24N2O4/c1-25-19-9-8-14(10-20(19)26-2)12-22-18(21(24)27-3)11-15-13-23-17-7-5-4-6-16(15)17/h4-10,13,18,22-23H,11-12H2,1-3H3/t18-/m0/s1. The summed E-state index contributed by atoms with van der Waals surface area (Å²) in [5, 5.41) is 4.40. The van der Waals surface area contributed by atoms with Crippen LogP contribution in [0.4, 0.5) is 0 Å². The normalized spacial score (nSPS) is 12.0. The summed E-state index contributed by atoms with van der Waals surface area (Å²) in [6.07, 6.45) is 2.47. The molecule has 0 fully saturated rings. The number of benzene rings is 2. The Balaban J connectivity index is 1.75. The third-order valence-corrected chi connectivity index (χ3v) is 4.59. The minimum absolute atomic E-state index is 0.291. The number of aromatic amines is 1. The summed E-state index contributed by atoms with van der Waals surface area (Å²) in [4.78, 5) is 15.5. The van der Waals surface area contributed by atoms with E-state index in [4.69, 9.17) is 14.2 Å². The van der Waals surface area contributed by atoms with E-state index in [2.05, 4.69) is 10.3 Å². The molecule has 1 atom stereocenters. The second kappa shape index (κ2) is 8.60. The number of nitrogens with one attached hydrogen (secondary N) is 2. The second-order valence-corrected chi connectivity index (χ2v) is 6.21. The Bertz CT molecular complexity index is 919. The first-order chi connectivity index (χ1) is 13.2. The minimum Gasteiger partial charge on any atom is -0.493 e. The van der Waals surface area contributed by atoms with Crippen LogP contribution in [-0.4, -0.2) is 38.3 Å². The van der Waals surface area contributed by atoms with E-state index in [9.17, 15) is 4.79 Å². The summed E-state index contributed by atoms with van der Waals surface area (Å²) in [5.74, 6) is 1.04. The molecule has 27 heavy (non-hydrogen) atoms. The van der Waals surface area contributed by atoms with E-state index in [0.29, 0.717) is 24.5 Å². The van der Waals surface area contributed by atoms with Gasteiger partial charge in [0, 0.05) is 30.1 Å². The van der Waals surface area contributed by atoms with E-state index in [1.807, 2.05) is 48.7 Å². The molecule has 6 heteroatoms. The van der Waals surface area contributed by atoms with E-state index >= 15 is 0 Å². The Labute approximate surface area is 158 Å². The second-order valence-electron chi connectivity index (χ2n) is 6.21. The molecule has 6 nitrogen and oxygen atoms in total. The van der Waals surface area contributed by atoms with Gasteiger partial charge in [0.25, 0.3) is 0 Å². The van der Waals surface area contributed by atoms with Crippen molar-refractivity contribution >= 4 is 16.9 Å². The number of rotatable bonds is 8. The van der Waals surface area contributed by atoms with Gasteiger partial charge in [0.05, 0.1) is 21.3 Å². The van der Waals surface area contributed by atoms with Crippen molar-refractivity contribution in [2.75, 3.05) is 21.3 Å². The summed E-state index contributed by atoms with van der Waals surface area (Å²) in [5.41, 5.74) is 3.11. The van der Waals surface area contributed by atoms with E-state index in [0.717, 1.165) is 22.0 Å². The predicted molar refractivity (Wildman–Crippen MR) is 104 cm³/mol. The Kier molecular flexibility index (Phi) is 5.98. The third kappa shape index (κ3) is 4.23. The van der Waals surface area contributed by atoms with Crippen LogP contribution in [0.15, 0.2) is 48.7 Å². The topological polar surface area (TPSA) is 72.6 Å². The first-order valence-electron chi connectivity index (χ1n) is 8.73. The molecule has 0 spiro atoms. The fourth-order valence-corrected chi connectivity index (χ4v) is 3.13. The lowest BCUT2D eigenvalue weighted by molar-refractivity contribution is -0.143. The van der Waals surface area contributed by atoms with Crippen LogP contribution in [0.2, 0.25) is 0 Å². The number of H-pyrrole nitrogens is 1. The van der Waals surface area contributed by atoms with Gasteiger partial charge in [-0.1, -0.05) is 24.3 Å². The quantitative estimate of drug-likeness (QED) is 0.598. The summed E-state index contributed by atoms with van der Waals surface area (Å²) < 4.78 is 15.6. The molecule has 0 unspecified atom stereocenters. The van der Waals surface area contributed by atoms with Crippen molar-refractivity contribution in [1.82, 2.24) is 10.3 Å². The molecule has 0 radical (unpaired) electrons. The molecule has 0 aliphatic rings. The summed E-state index contributed by atoms with van der Waals surface area (Å²) in [7, 11) is 4.61. The molecular weight excluding hydrogens is 344 g/mol. The van der Waals surface area contributed by atoms with Crippen LogP contribution in [0.25, 0.3) is 10.9 Å². The molecule has 2 N–H and O–H groups in total. The third-order valence-electron chi connectivity index (χ3n) is 4.59. The van der Waals surface area contributed by atoms with Crippen molar-refractivity contribution < 1.29 is 19.0 Å². The molecule has 0 amide bonds. The lowest BCUT2D eigenvalue weighted by Crippen LogP contribution is -2.39. The van der Waals surface area contributed by atoms with Gasteiger partial charge in [-0.25, -0.2) is 0 Å². The number of esters is 1. The van der Waals surface area contributed by atoms with Gasteiger partial charge in [0.1, 0.15) is 6.04 Å². The summed E-state index contributed by atoms with van der Waals surface area (Å²) in [6.45, 7) is 0.502. The van der Waals surface area contributed by atoms with Crippen LogP contribution in [0.5, 0.6) is 11.5 Å². The van der Waals surface area contributed by atoms with Gasteiger partial charge in [-0.3, -0.25) is 4.79 Å². The van der Waals surface area contributed by atoms with Crippen molar-refractivity contribution in [2.45, 2.75) is 19.0 Å². The number of para-hydroxylation sites is 1. The lowest BCUT2D eigenvalue weighted by Gasteiger charge is -2.17. The van der Waals surface area contributed by atoms with Gasteiger partial charge in [0.2, 0.25) is 0 Å². The zero-order valence-corrected chi connectivity index (χ0v) is 15.7. The van der Waals surface area contributed by atoms with Crippen LogP contribution in [0.1, 0.15) is 11.1 Å². The van der Waals surface area contributed by atoms with Gasteiger partial charge < -0.3 is 24.5 Å². The number of carbonyl (C=O) groups is 1. The Morgan fingerprint density at radius 2 is 1.85 bits per heavy atom.